The van der Waals surface area contributed by atoms with Crippen molar-refractivity contribution in [1.82, 2.24) is 15.3 Å². The number of rotatable bonds is 8. The molecular formula is C17H20F4N4O. The van der Waals surface area contributed by atoms with Gasteiger partial charge in [-0.3, -0.25) is 9.78 Å². The Labute approximate surface area is 148 Å². The first kappa shape index (κ1) is 19.9. The summed E-state index contributed by atoms with van der Waals surface area (Å²) in [4.78, 5) is 19.9. The largest absolute Gasteiger partial charge is 0.366 e. The van der Waals surface area contributed by atoms with Gasteiger partial charge in [0.25, 0.3) is 0 Å². The lowest BCUT2D eigenvalue weighted by atomic mass is 10.1. The predicted molar refractivity (Wildman–Crippen MR) is 90.0 cm³/mol. The van der Waals surface area contributed by atoms with Gasteiger partial charge in [0, 0.05) is 37.1 Å². The third kappa shape index (κ3) is 5.53. The van der Waals surface area contributed by atoms with E-state index >= 15 is 0 Å². The molecule has 0 fully saturated rings. The van der Waals surface area contributed by atoms with E-state index in [1.165, 1.54) is 13.1 Å². The fourth-order valence-corrected chi connectivity index (χ4v) is 2.36. The van der Waals surface area contributed by atoms with Crippen LogP contribution in [0, 0.1) is 17.6 Å². The number of halogens is 4. The molecule has 1 heterocycles. The average Bonchev–Trinajstić information content (AvgIpc) is 2.55. The molecule has 2 N–H and O–H groups in total. The molecule has 0 radical (unpaired) electrons. The molecule has 0 aliphatic carbocycles. The number of amides is 1. The van der Waals surface area contributed by atoms with E-state index in [-0.39, 0.29) is 17.1 Å². The minimum absolute atomic E-state index is 0.113. The van der Waals surface area contributed by atoms with Crippen LogP contribution in [0.25, 0.3) is 11.0 Å². The van der Waals surface area contributed by atoms with Crippen molar-refractivity contribution in [1.29, 1.82) is 0 Å². The fourth-order valence-electron chi connectivity index (χ4n) is 2.36. The Morgan fingerprint density at radius 2 is 1.81 bits per heavy atom. The van der Waals surface area contributed by atoms with Crippen LogP contribution in [0.15, 0.2) is 18.3 Å². The number of nitrogens with zero attached hydrogens (tertiary/aromatic N) is 2. The molecule has 0 saturated heterocycles. The van der Waals surface area contributed by atoms with Crippen LogP contribution in [0.1, 0.15) is 26.7 Å². The second-order valence-corrected chi connectivity index (χ2v) is 6.16. The second kappa shape index (κ2) is 8.77. The summed E-state index contributed by atoms with van der Waals surface area (Å²) in [5.74, 6) is -2.77. The monoisotopic (exact) mass is 372 g/mol. The molecule has 0 bridgehead atoms. The molecule has 1 aromatic heterocycles. The number of anilines is 1. The van der Waals surface area contributed by atoms with Crippen molar-refractivity contribution in [2.24, 2.45) is 5.92 Å². The number of benzene rings is 1. The molecule has 9 heteroatoms. The Hall–Kier alpha value is -2.45. The van der Waals surface area contributed by atoms with Crippen molar-refractivity contribution in [3.05, 3.63) is 30.0 Å². The number of hydrogen-bond acceptors (Lipinski definition) is 4. The summed E-state index contributed by atoms with van der Waals surface area (Å²) in [6.07, 6.45) is -1.06. The molecule has 1 aromatic carbocycles. The van der Waals surface area contributed by atoms with Crippen LogP contribution in [-0.4, -0.2) is 34.9 Å². The van der Waals surface area contributed by atoms with Crippen molar-refractivity contribution >= 4 is 22.8 Å². The first-order valence-corrected chi connectivity index (χ1v) is 8.20. The third-order valence-corrected chi connectivity index (χ3v) is 3.83. The lowest BCUT2D eigenvalue weighted by Crippen LogP contribution is -2.33. The van der Waals surface area contributed by atoms with Gasteiger partial charge in [-0.05, 0) is 13.3 Å². The van der Waals surface area contributed by atoms with Crippen LogP contribution in [0.5, 0.6) is 0 Å². The zero-order valence-corrected chi connectivity index (χ0v) is 14.4. The van der Waals surface area contributed by atoms with Gasteiger partial charge >= 0.3 is 0 Å². The first-order valence-electron chi connectivity index (χ1n) is 8.20. The van der Waals surface area contributed by atoms with E-state index in [0.29, 0.717) is 18.8 Å². The number of alkyl halides is 2. The molecule has 1 amide bonds. The van der Waals surface area contributed by atoms with Gasteiger partial charge < -0.3 is 10.6 Å². The molecule has 0 aliphatic rings. The topological polar surface area (TPSA) is 66.9 Å². The molecular weight excluding hydrogens is 352 g/mol. The minimum Gasteiger partial charge on any atom is -0.366 e. The van der Waals surface area contributed by atoms with Gasteiger partial charge in [0.1, 0.15) is 5.82 Å². The number of nitrogens with one attached hydrogen (secondary N) is 2. The number of aromatic nitrogens is 2. The standard InChI is InChI=1S/C17H20F4N4O/c1-9(5-15(20)21)17(26)22-4-3-10(2)24-16-8-23-13-6-11(18)12(19)7-14(13)25-16/h6-10,15H,3-5H2,1-2H3,(H,22,26)(H,24,25)/t9?,10-/m0/s1. The fraction of sp³-hybridized carbons (Fsp3) is 0.471. The van der Waals surface area contributed by atoms with Crippen molar-refractivity contribution in [2.45, 2.75) is 39.2 Å². The smallest absolute Gasteiger partial charge is 0.239 e. The van der Waals surface area contributed by atoms with Crippen molar-refractivity contribution in [3.8, 4) is 0 Å². The quantitative estimate of drug-likeness (QED) is 0.696. The highest BCUT2D eigenvalue weighted by Crippen LogP contribution is 2.17. The van der Waals surface area contributed by atoms with Crippen molar-refractivity contribution in [2.75, 3.05) is 11.9 Å². The van der Waals surface area contributed by atoms with Gasteiger partial charge in [-0.15, -0.1) is 0 Å². The molecule has 0 saturated carbocycles. The first-order chi connectivity index (χ1) is 12.3. The molecule has 2 atom stereocenters. The Kier molecular flexibility index (Phi) is 6.70. The Bertz CT molecular complexity index is 772. The molecule has 0 spiro atoms. The van der Waals surface area contributed by atoms with Crippen molar-refractivity contribution < 1.29 is 22.4 Å². The van der Waals surface area contributed by atoms with Gasteiger partial charge in [-0.25, -0.2) is 22.5 Å². The van der Waals surface area contributed by atoms with Gasteiger partial charge in [-0.2, -0.15) is 0 Å². The lowest BCUT2D eigenvalue weighted by molar-refractivity contribution is -0.125. The third-order valence-electron chi connectivity index (χ3n) is 3.83. The predicted octanol–water partition coefficient (Wildman–Crippen LogP) is 3.51. The normalized spacial score (nSPS) is 13.7. The number of fused-ring (bicyclic) bond motifs is 1. The van der Waals surface area contributed by atoms with Crippen molar-refractivity contribution in [3.63, 3.8) is 0 Å². The highest BCUT2D eigenvalue weighted by Gasteiger charge is 2.17. The summed E-state index contributed by atoms with van der Waals surface area (Å²) in [5.41, 5.74) is 0.456. The maximum absolute atomic E-state index is 13.3. The van der Waals surface area contributed by atoms with E-state index in [9.17, 15) is 22.4 Å². The Balaban J connectivity index is 1.86. The van der Waals surface area contributed by atoms with E-state index in [1.54, 1.807) is 0 Å². The molecule has 0 aliphatic heterocycles. The summed E-state index contributed by atoms with van der Waals surface area (Å²) < 4.78 is 50.9. The van der Waals surface area contributed by atoms with Crippen LogP contribution in [0.4, 0.5) is 23.4 Å². The maximum Gasteiger partial charge on any atom is 0.239 e. The summed E-state index contributed by atoms with van der Waals surface area (Å²) in [5, 5.41) is 5.65. The number of carbonyl (C=O) groups excluding carboxylic acids is 1. The van der Waals surface area contributed by atoms with Crippen LogP contribution in [0.3, 0.4) is 0 Å². The van der Waals surface area contributed by atoms with E-state index in [1.807, 2.05) is 6.92 Å². The molecule has 5 nitrogen and oxygen atoms in total. The van der Waals surface area contributed by atoms with Gasteiger partial charge in [0.15, 0.2) is 11.6 Å². The summed E-state index contributed by atoms with van der Waals surface area (Å²) in [7, 11) is 0. The summed E-state index contributed by atoms with van der Waals surface area (Å²) in [6, 6.07) is 1.83. The van der Waals surface area contributed by atoms with E-state index < -0.39 is 36.3 Å². The molecule has 2 aromatic rings. The Morgan fingerprint density at radius 1 is 1.15 bits per heavy atom. The van der Waals surface area contributed by atoms with Crippen LogP contribution >= 0.6 is 0 Å². The summed E-state index contributed by atoms with van der Waals surface area (Å²) >= 11 is 0. The van der Waals surface area contributed by atoms with Gasteiger partial charge in [0.2, 0.25) is 12.3 Å². The van der Waals surface area contributed by atoms with E-state index in [2.05, 4.69) is 20.6 Å². The minimum atomic E-state index is -2.51. The molecule has 2 rings (SSSR count). The highest BCUT2D eigenvalue weighted by atomic mass is 19.3. The second-order valence-electron chi connectivity index (χ2n) is 6.16. The molecule has 1 unspecified atom stereocenters. The maximum atomic E-state index is 13.3. The summed E-state index contributed by atoms with van der Waals surface area (Å²) in [6.45, 7) is 3.60. The molecule has 26 heavy (non-hydrogen) atoms. The number of hydrogen-bond donors (Lipinski definition) is 2. The van der Waals surface area contributed by atoms with Crippen LogP contribution < -0.4 is 10.6 Å². The van der Waals surface area contributed by atoms with E-state index in [0.717, 1.165) is 12.1 Å². The SMILES string of the molecule is CC(CC(F)F)C(=O)NCC[C@H](C)Nc1cnc2cc(F)c(F)cc2n1. The zero-order valence-electron chi connectivity index (χ0n) is 14.4. The Morgan fingerprint density at radius 3 is 2.46 bits per heavy atom. The van der Waals surface area contributed by atoms with Gasteiger partial charge in [0.05, 0.1) is 17.2 Å². The lowest BCUT2D eigenvalue weighted by Gasteiger charge is -2.16. The van der Waals surface area contributed by atoms with Crippen LogP contribution in [-0.2, 0) is 4.79 Å². The highest BCUT2D eigenvalue weighted by molar-refractivity contribution is 5.78. The van der Waals surface area contributed by atoms with Crippen LogP contribution in [0.2, 0.25) is 0 Å². The van der Waals surface area contributed by atoms with E-state index in [4.69, 9.17) is 0 Å². The zero-order chi connectivity index (χ0) is 19.3. The van der Waals surface area contributed by atoms with Gasteiger partial charge in [-0.1, -0.05) is 6.92 Å². The number of carbonyl (C=O) groups is 1. The molecule has 142 valence electrons. The average molecular weight is 372 g/mol.